The fraction of sp³-hybridized carbons (Fsp3) is 0.520. The van der Waals surface area contributed by atoms with Crippen LogP contribution in [0.5, 0.6) is 5.75 Å². The Labute approximate surface area is 231 Å². The topological polar surface area (TPSA) is 168 Å². The highest BCUT2D eigenvalue weighted by Crippen LogP contribution is 2.27. The van der Waals surface area contributed by atoms with Crippen molar-refractivity contribution >= 4 is 35.4 Å². The summed E-state index contributed by atoms with van der Waals surface area (Å²) in [5.41, 5.74) is 6.55. The Bertz CT molecular complexity index is 1120. The molecule has 1 aliphatic heterocycles. The highest BCUT2D eigenvalue weighted by Gasteiger charge is 2.29. The number of methoxy groups -OCH3 is 1. The molecule has 1 aromatic heterocycles. The van der Waals surface area contributed by atoms with Gasteiger partial charge in [-0.3, -0.25) is 4.79 Å². The summed E-state index contributed by atoms with van der Waals surface area (Å²) >= 11 is 6.22. The first-order valence-electron chi connectivity index (χ1n) is 12.7. The molecule has 2 heterocycles. The predicted molar refractivity (Wildman–Crippen MR) is 144 cm³/mol. The lowest BCUT2D eigenvalue weighted by atomic mass is 10.2. The third-order valence-corrected chi connectivity index (χ3v) is 6.44. The first-order valence-corrected chi connectivity index (χ1v) is 13.0. The van der Waals surface area contributed by atoms with Crippen LogP contribution in [0.3, 0.4) is 0 Å². The van der Waals surface area contributed by atoms with Crippen molar-refractivity contribution in [2.75, 3.05) is 43.7 Å². The molecule has 1 atom stereocenters. The molecule has 1 fully saturated rings. The smallest absolute Gasteiger partial charge is 0.495 e. The standard InChI is InChI=1S/C25H33ClN6O7/c1-36-21-9-8-17(13-20(21)26)14-28-23-19(22(27)33)15-29-24(30-23)32-10-6-7-18(32)16-38-25(34)37-11-4-2-3-5-12-39-31-35/h8-9,13,15,18H,2-7,10-12,14,16H2,1H3,(H2,27,33)(H,28,29,30). The summed E-state index contributed by atoms with van der Waals surface area (Å²) in [4.78, 5) is 49.1. The molecule has 1 saturated heterocycles. The summed E-state index contributed by atoms with van der Waals surface area (Å²) in [5, 5.41) is 5.94. The van der Waals surface area contributed by atoms with E-state index in [0.717, 1.165) is 31.2 Å². The summed E-state index contributed by atoms with van der Waals surface area (Å²) in [6, 6.07) is 5.22. The van der Waals surface area contributed by atoms with Crippen LogP contribution in [0.1, 0.15) is 54.4 Å². The van der Waals surface area contributed by atoms with Crippen molar-refractivity contribution in [3.8, 4) is 5.75 Å². The predicted octanol–water partition coefficient (Wildman–Crippen LogP) is 4.23. The highest BCUT2D eigenvalue weighted by atomic mass is 35.5. The van der Waals surface area contributed by atoms with Crippen LogP contribution in [0.2, 0.25) is 5.02 Å². The van der Waals surface area contributed by atoms with Crippen LogP contribution in [-0.2, 0) is 20.9 Å². The highest BCUT2D eigenvalue weighted by molar-refractivity contribution is 6.32. The molecule has 1 aromatic carbocycles. The van der Waals surface area contributed by atoms with Gasteiger partial charge in [0.2, 0.25) is 5.95 Å². The third-order valence-electron chi connectivity index (χ3n) is 6.15. The maximum atomic E-state index is 12.0. The monoisotopic (exact) mass is 564 g/mol. The van der Waals surface area contributed by atoms with Gasteiger partial charge in [-0.25, -0.2) is 9.78 Å². The van der Waals surface area contributed by atoms with Crippen molar-refractivity contribution in [2.24, 2.45) is 11.1 Å². The van der Waals surface area contributed by atoms with E-state index in [2.05, 4.69) is 25.5 Å². The quantitative estimate of drug-likeness (QED) is 0.129. The van der Waals surface area contributed by atoms with Crippen molar-refractivity contribution in [2.45, 2.75) is 51.1 Å². The number of hydrogen-bond acceptors (Lipinski definition) is 12. The second-order valence-electron chi connectivity index (χ2n) is 8.84. The largest absolute Gasteiger partial charge is 0.508 e. The van der Waals surface area contributed by atoms with Gasteiger partial charge in [0.05, 0.1) is 30.3 Å². The molecule has 212 valence electrons. The van der Waals surface area contributed by atoms with Crippen molar-refractivity contribution in [3.63, 3.8) is 0 Å². The van der Waals surface area contributed by atoms with E-state index in [4.69, 9.17) is 31.5 Å². The van der Waals surface area contributed by atoms with Crippen LogP contribution in [0.25, 0.3) is 0 Å². The van der Waals surface area contributed by atoms with Gasteiger partial charge >= 0.3 is 6.16 Å². The zero-order valence-corrected chi connectivity index (χ0v) is 22.5. The molecule has 14 heteroatoms. The normalized spacial score (nSPS) is 14.5. The maximum absolute atomic E-state index is 12.0. The molecule has 0 bridgehead atoms. The van der Waals surface area contributed by atoms with Gasteiger partial charge in [0.1, 0.15) is 24.8 Å². The molecule has 13 nitrogen and oxygen atoms in total. The van der Waals surface area contributed by atoms with Gasteiger partial charge in [0, 0.05) is 19.3 Å². The van der Waals surface area contributed by atoms with Crippen LogP contribution in [0.4, 0.5) is 16.6 Å². The minimum Gasteiger partial charge on any atom is -0.495 e. The number of carbonyl (C=O) groups excluding carboxylic acids is 2. The molecule has 3 rings (SSSR count). The summed E-state index contributed by atoms with van der Waals surface area (Å²) in [7, 11) is 1.54. The van der Waals surface area contributed by atoms with Crippen LogP contribution >= 0.6 is 11.6 Å². The number of benzene rings is 1. The number of anilines is 2. The van der Waals surface area contributed by atoms with E-state index in [1.807, 2.05) is 11.0 Å². The molecule has 0 spiro atoms. The number of unbranched alkanes of at least 4 members (excludes halogenated alkanes) is 3. The molecule has 0 aliphatic carbocycles. The van der Waals surface area contributed by atoms with Crippen LogP contribution in [-0.4, -0.2) is 61.5 Å². The Kier molecular flexibility index (Phi) is 11.8. The molecular weight excluding hydrogens is 532 g/mol. The number of nitrogens with two attached hydrogens (primary N) is 1. The van der Waals surface area contributed by atoms with E-state index in [-0.39, 0.29) is 31.4 Å². The number of nitrogens with zero attached hydrogens (tertiary/aromatic N) is 4. The van der Waals surface area contributed by atoms with Gasteiger partial charge < -0.3 is 35.0 Å². The van der Waals surface area contributed by atoms with Crippen molar-refractivity contribution < 1.29 is 28.6 Å². The first kappa shape index (κ1) is 29.7. The molecule has 1 aliphatic rings. The SMILES string of the molecule is COc1ccc(CNc2nc(N3CCCC3COC(=O)OCCCCCCON=O)ncc2C(N)=O)cc1Cl. The number of halogens is 1. The Morgan fingerprint density at radius 1 is 1.21 bits per heavy atom. The first-order chi connectivity index (χ1) is 18.9. The zero-order chi connectivity index (χ0) is 28.0. The number of carbonyl (C=O) groups is 2. The average molecular weight is 565 g/mol. The third kappa shape index (κ3) is 9.13. The lowest BCUT2D eigenvalue weighted by molar-refractivity contribution is 0.0501. The fourth-order valence-corrected chi connectivity index (χ4v) is 4.41. The Morgan fingerprint density at radius 3 is 2.72 bits per heavy atom. The second kappa shape index (κ2) is 15.5. The van der Waals surface area contributed by atoms with Gasteiger partial charge in [-0.1, -0.05) is 17.7 Å². The Balaban J connectivity index is 1.53. The number of hydrogen-bond donors (Lipinski definition) is 2. The number of rotatable bonds is 16. The molecule has 2 aromatic rings. The van der Waals surface area contributed by atoms with Crippen LogP contribution in [0, 0.1) is 4.91 Å². The van der Waals surface area contributed by atoms with Crippen LogP contribution in [0.15, 0.2) is 29.7 Å². The Hall–Kier alpha value is -3.87. The summed E-state index contributed by atoms with van der Waals surface area (Å²) in [5.74, 6) is 0.583. The molecule has 1 unspecified atom stereocenters. The van der Waals surface area contributed by atoms with E-state index in [1.54, 1.807) is 12.1 Å². The lowest BCUT2D eigenvalue weighted by Gasteiger charge is -2.25. The molecule has 39 heavy (non-hydrogen) atoms. The van der Waals surface area contributed by atoms with Crippen LogP contribution < -0.4 is 20.7 Å². The number of primary amides is 1. The minimum absolute atomic E-state index is 0.114. The summed E-state index contributed by atoms with van der Waals surface area (Å²) in [6.07, 6.45) is 5.35. The second-order valence-corrected chi connectivity index (χ2v) is 9.25. The van der Waals surface area contributed by atoms with Crippen molar-refractivity contribution in [1.82, 2.24) is 9.97 Å². The van der Waals surface area contributed by atoms with Gasteiger partial charge in [0.15, 0.2) is 5.34 Å². The maximum Gasteiger partial charge on any atom is 0.508 e. The van der Waals surface area contributed by atoms with E-state index in [1.165, 1.54) is 13.3 Å². The molecule has 0 saturated carbocycles. The van der Waals surface area contributed by atoms with E-state index >= 15 is 0 Å². The molecule has 1 amide bonds. The van der Waals surface area contributed by atoms with Gasteiger partial charge in [-0.15, -0.1) is 4.91 Å². The van der Waals surface area contributed by atoms with Crippen molar-refractivity contribution in [1.29, 1.82) is 0 Å². The van der Waals surface area contributed by atoms with E-state index in [9.17, 15) is 14.5 Å². The number of nitrogens with one attached hydrogen (secondary N) is 1. The number of ether oxygens (including phenoxy) is 3. The van der Waals surface area contributed by atoms with Gasteiger partial charge in [-0.2, -0.15) is 4.98 Å². The molecular formula is C25H33ClN6O7. The number of aromatic nitrogens is 2. The minimum atomic E-state index is -0.735. The molecule has 0 radical (unpaired) electrons. The Morgan fingerprint density at radius 2 is 2.00 bits per heavy atom. The fourth-order valence-electron chi connectivity index (χ4n) is 4.12. The zero-order valence-electron chi connectivity index (χ0n) is 21.8. The van der Waals surface area contributed by atoms with Crippen molar-refractivity contribution in [3.05, 3.63) is 45.5 Å². The average Bonchev–Trinajstić information content (AvgIpc) is 3.41. The summed E-state index contributed by atoms with van der Waals surface area (Å²) in [6.45, 7) is 1.64. The summed E-state index contributed by atoms with van der Waals surface area (Å²) < 4.78 is 15.6. The molecule has 3 N–H and O–H groups in total. The number of amides is 1. The lowest BCUT2D eigenvalue weighted by Crippen LogP contribution is -2.35. The van der Waals surface area contributed by atoms with Gasteiger partial charge in [0.25, 0.3) is 5.91 Å². The van der Waals surface area contributed by atoms with E-state index in [0.29, 0.717) is 48.5 Å². The van der Waals surface area contributed by atoms with Gasteiger partial charge in [-0.05, 0) is 56.2 Å². The van der Waals surface area contributed by atoms with E-state index < -0.39 is 12.1 Å².